The molecule has 0 heterocycles. The van der Waals surface area contributed by atoms with Crippen molar-refractivity contribution < 1.29 is 14.3 Å². The number of nitrogens with two attached hydrogens (primary N) is 1. The molecular formula is C15H24N2O3. The van der Waals surface area contributed by atoms with Gasteiger partial charge in [-0.1, -0.05) is 17.7 Å². The van der Waals surface area contributed by atoms with E-state index in [2.05, 4.69) is 5.32 Å². The Morgan fingerprint density at radius 1 is 1.40 bits per heavy atom. The molecule has 0 saturated heterocycles. The number of amides is 1. The number of rotatable bonds is 4. The summed E-state index contributed by atoms with van der Waals surface area (Å²) < 4.78 is 10.5. The van der Waals surface area contributed by atoms with Gasteiger partial charge in [0.1, 0.15) is 11.4 Å². The van der Waals surface area contributed by atoms with Crippen LogP contribution in [-0.4, -0.2) is 25.3 Å². The summed E-state index contributed by atoms with van der Waals surface area (Å²) in [5.74, 6) is 0.717. The molecule has 112 valence electrons. The third kappa shape index (κ3) is 5.09. The Morgan fingerprint density at radius 2 is 2.05 bits per heavy atom. The zero-order chi connectivity index (χ0) is 15.3. The van der Waals surface area contributed by atoms with Crippen LogP contribution >= 0.6 is 0 Å². The minimum atomic E-state index is -0.519. The normalized spacial score (nSPS) is 12.7. The molecule has 0 spiro atoms. The lowest BCUT2D eigenvalue weighted by Gasteiger charge is -2.21. The Balaban J connectivity index is 2.65. The molecule has 0 aliphatic heterocycles. The van der Waals surface area contributed by atoms with Gasteiger partial charge in [-0.3, -0.25) is 0 Å². The standard InChI is InChI=1S/C15H24N2O3/c1-10-6-7-13(19-5)11(8-10)12(16)9-17-14(18)20-15(2,3)4/h6-8,12H,9,16H2,1-5H3,(H,17,18). The van der Waals surface area contributed by atoms with Crippen LogP contribution in [0.5, 0.6) is 5.75 Å². The van der Waals surface area contributed by atoms with Crippen molar-refractivity contribution in [1.29, 1.82) is 0 Å². The van der Waals surface area contributed by atoms with E-state index in [-0.39, 0.29) is 12.6 Å². The van der Waals surface area contributed by atoms with Gasteiger partial charge in [0.15, 0.2) is 0 Å². The third-order valence-electron chi connectivity index (χ3n) is 2.65. The smallest absolute Gasteiger partial charge is 0.407 e. The van der Waals surface area contributed by atoms with E-state index in [1.54, 1.807) is 7.11 Å². The van der Waals surface area contributed by atoms with E-state index in [4.69, 9.17) is 15.2 Å². The van der Waals surface area contributed by atoms with Crippen LogP contribution in [0, 0.1) is 6.92 Å². The molecule has 0 bridgehead atoms. The van der Waals surface area contributed by atoms with Gasteiger partial charge < -0.3 is 20.5 Å². The molecule has 0 aliphatic carbocycles. The molecule has 1 unspecified atom stereocenters. The van der Waals surface area contributed by atoms with Crippen molar-refractivity contribution in [3.63, 3.8) is 0 Å². The molecule has 5 heteroatoms. The van der Waals surface area contributed by atoms with Gasteiger partial charge in [-0.2, -0.15) is 0 Å². The molecule has 0 radical (unpaired) electrons. The maximum Gasteiger partial charge on any atom is 0.407 e. The molecule has 1 amide bonds. The Bertz CT molecular complexity index is 467. The van der Waals surface area contributed by atoms with Crippen molar-refractivity contribution in [3.05, 3.63) is 29.3 Å². The Morgan fingerprint density at radius 3 is 2.60 bits per heavy atom. The summed E-state index contributed by atoms with van der Waals surface area (Å²) in [6.07, 6.45) is -0.473. The van der Waals surface area contributed by atoms with E-state index < -0.39 is 11.7 Å². The number of aryl methyl sites for hydroxylation is 1. The molecule has 1 aromatic carbocycles. The molecule has 1 rings (SSSR count). The molecule has 1 atom stereocenters. The summed E-state index contributed by atoms with van der Waals surface area (Å²) in [6.45, 7) is 7.72. The van der Waals surface area contributed by atoms with Crippen LogP contribution in [0.1, 0.15) is 37.9 Å². The average Bonchev–Trinajstić information content (AvgIpc) is 2.33. The zero-order valence-corrected chi connectivity index (χ0v) is 12.8. The van der Waals surface area contributed by atoms with Gasteiger partial charge >= 0.3 is 6.09 Å². The van der Waals surface area contributed by atoms with Gasteiger partial charge in [0, 0.05) is 12.1 Å². The Labute approximate surface area is 120 Å². The first-order valence-corrected chi connectivity index (χ1v) is 6.60. The van der Waals surface area contributed by atoms with E-state index in [0.29, 0.717) is 5.75 Å². The molecular weight excluding hydrogens is 256 g/mol. The molecule has 0 aromatic heterocycles. The molecule has 3 N–H and O–H groups in total. The summed E-state index contributed by atoms with van der Waals surface area (Å²) in [5, 5.41) is 2.67. The fourth-order valence-electron chi connectivity index (χ4n) is 1.76. The number of methoxy groups -OCH3 is 1. The first kappa shape index (κ1) is 16.3. The summed E-state index contributed by atoms with van der Waals surface area (Å²) in [5.41, 5.74) is 7.54. The van der Waals surface area contributed by atoms with Gasteiger partial charge in [-0.15, -0.1) is 0 Å². The fourth-order valence-corrected chi connectivity index (χ4v) is 1.76. The monoisotopic (exact) mass is 280 g/mol. The van der Waals surface area contributed by atoms with Crippen molar-refractivity contribution in [2.45, 2.75) is 39.3 Å². The number of carbonyl (C=O) groups is 1. The van der Waals surface area contributed by atoms with Crippen LogP contribution in [0.4, 0.5) is 4.79 Å². The Hall–Kier alpha value is -1.75. The number of carbonyl (C=O) groups excluding carboxylic acids is 1. The quantitative estimate of drug-likeness (QED) is 0.889. The lowest BCUT2D eigenvalue weighted by Crippen LogP contribution is -2.36. The summed E-state index contributed by atoms with van der Waals surface area (Å²) in [4.78, 5) is 11.6. The average molecular weight is 280 g/mol. The second-order valence-electron chi connectivity index (χ2n) is 5.73. The van der Waals surface area contributed by atoms with E-state index in [0.717, 1.165) is 11.1 Å². The highest BCUT2D eigenvalue weighted by Gasteiger charge is 2.18. The van der Waals surface area contributed by atoms with Crippen molar-refractivity contribution >= 4 is 6.09 Å². The van der Waals surface area contributed by atoms with Crippen LogP contribution in [0.25, 0.3) is 0 Å². The molecule has 5 nitrogen and oxygen atoms in total. The third-order valence-corrected chi connectivity index (χ3v) is 2.65. The van der Waals surface area contributed by atoms with Gasteiger partial charge in [-0.25, -0.2) is 4.79 Å². The summed E-state index contributed by atoms with van der Waals surface area (Å²) in [6, 6.07) is 5.44. The van der Waals surface area contributed by atoms with Crippen molar-refractivity contribution in [1.82, 2.24) is 5.32 Å². The van der Waals surface area contributed by atoms with Crippen molar-refractivity contribution in [2.75, 3.05) is 13.7 Å². The highest BCUT2D eigenvalue weighted by Crippen LogP contribution is 2.24. The van der Waals surface area contributed by atoms with Gasteiger partial charge in [0.25, 0.3) is 0 Å². The van der Waals surface area contributed by atoms with Crippen LogP contribution in [0.2, 0.25) is 0 Å². The second-order valence-corrected chi connectivity index (χ2v) is 5.73. The minimum absolute atomic E-state index is 0.286. The second kappa shape index (κ2) is 6.61. The first-order chi connectivity index (χ1) is 9.23. The highest BCUT2D eigenvalue weighted by atomic mass is 16.6. The van der Waals surface area contributed by atoms with E-state index in [9.17, 15) is 4.79 Å². The van der Waals surface area contributed by atoms with Gasteiger partial charge in [0.05, 0.1) is 13.2 Å². The molecule has 0 aliphatic rings. The first-order valence-electron chi connectivity index (χ1n) is 6.60. The van der Waals surface area contributed by atoms with E-state index in [1.165, 1.54) is 0 Å². The topological polar surface area (TPSA) is 73.6 Å². The maximum absolute atomic E-state index is 11.6. The number of ether oxygens (including phenoxy) is 2. The van der Waals surface area contributed by atoms with Crippen LogP contribution in [0.15, 0.2) is 18.2 Å². The molecule has 0 fully saturated rings. The van der Waals surface area contributed by atoms with Crippen LogP contribution in [-0.2, 0) is 4.74 Å². The lowest BCUT2D eigenvalue weighted by atomic mass is 10.0. The predicted octanol–water partition coefficient (Wildman–Crippen LogP) is 2.53. The Kier molecular flexibility index (Phi) is 5.39. The van der Waals surface area contributed by atoms with Crippen LogP contribution < -0.4 is 15.8 Å². The van der Waals surface area contributed by atoms with Gasteiger partial charge in [0.2, 0.25) is 0 Å². The fraction of sp³-hybridized carbons (Fsp3) is 0.533. The lowest BCUT2D eigenvalue weighted by molar-refractivity contribution is 0.0524. The van der Waals surface area contributed by atoms with Gasteiger partial charge in [-0.05, 0) is 33.8 Å². The highest BCUT2D eigenvalue weighted by molar-refractivity contribution is 5.67. The molecule has 20 heavy (non-hydrogen) atoms. The van der Waals surface area contributed by atoms with Crippen molar-refractivity contribution in [2.24, 2.45) is 5.73 Å². The minimum Gasteiger partial charge on any atom is -0.496 e. The SMILES string of the molecule is COc1ccc(C)cc1C(N)CNC(=O)OC(C)(C)C. The number of benzene rings is 1. The zero-order valence-electron chi connectivity index (χ0n) is 12.8. The number of alkyl carbamates (subject to hydrolysis) is 1. The largest absolute Gasteiger partial charge is 0.496 e. The maximum atomic E-state index is 11.6. The van der Waals surface area contributed by atoms with E-state index >= 15 is 0 Å². The number of hydrogen-bond donors (Lipinski definition) is 2. The predicted molar refractivity (Wildman–Crippen MR) is 78.9 cm³/mol. The summed E-state index contributed by atoms with van der Waals surface area (Å²) >= 11 is 0. The van der Waals surface area contributed by atoms with Crippen LogP contribution in [0.3, 0.4) is 0 Å². The number of nitrogens with one attached hydrogen (secondary N) is 1. The van der Waals surface area contributed by atoms with Crippen molar-refractivity contribution in [3.8, 4) is 5.75 Å². The molecule has 1 aromatic rings. The number of hydrogen-bond acceptors (Lipinski definition) is 4. The van der Waals surface area contributed by atoms with E-state index in [1.807, 2.05) is 45.9 Å². The summed E-state index contributed by atoms with van der Waals surface area (Å²) in [7, 11) is 1.60. The molecule has 0 saturated carbocycles.